The van der Waals surface area contributed by atoms with Crippen LogP contribution < -0.4 is 9.62 Å². The quantitative estimate of drug-likeness (QED) is 0.375. The summed E-state index contributed by atoms with van der Waals surface area (Å²) in [4.78, 5) is 28.0. The van der Waals surface area contributed by atoms with Crippen molar-refractivity contribution in [1.82, 2.24) is 10.2 Å². The minimum Gasteiger partial charge on any atom is -0.352 e. The molecule has 1 atom stereocenters. The predicted molar refractivity (Wildman–Crippen MR) is 149 cm³/mol. The number of halogens is 3. The standard InChI is InChI=1S/C27H34Cl2FN3O4S/c1-19(27(35)31-20-10-4-3-5-11-20)32(18-21-22(28)12-8-13-23(21)29)26(34)16-9-17-33(38(2,36)37)25-15-7-6-14-24(25)30/h6-8,12-15,19-20H,3-5,9-11,16-18H2,1-2H3,(H,31,35)/t19-/m0/s1. The Morgan fingerprint density at radius 2 is 1.68 bits per heavy atom. The van der Waals surface area contributed by atoms with Gasteiger partial charge in [0.2, 0.25) is 21.8 Å². The number of benzene rings is 2. The Hall–Kier alpha value is -2.36. The van der Waals surface area contributed by atoms with E-state index in [4.69, 9.17) is 23.2 Å². The number of amides is 2. The molecule has 1 fully saturated rings. The summed E-state index contributed by atoms with van der Waals surface area (Å²) < 4.78 is 40.0. The van der Waals surface area contributed by atoms with Crippen molar-refractivity contribution < 1.29 is 22.4 Å². The second-order valence-electron chi connectivity index (χ2n) is 9.63. The molecule has 1 saturated carbocycles. The molecule has 0 unspecified atom stereocenters. The van der Waals surface area contributed by atoms with Crippen LogP contribution in [0, 0.1) is 5.82 Å². The van der Waals surface area contributed by atoms with Gasteiger partial charge in [-0.15, -0.1) is 0 Å². The predicted octanol–water partition coefficient (Wildman–Crippen LogP) is 5.54. The lowest BCUT2D eigenvalue weighted by molar-refractivity contribution is -0.141. The first-order valence-electron chi connectivity index (χ1n) is 12.7. The molecule has 2 aromatic rings. The molecule has 2 aromatic carbocycles. The van der Waals surface area contributed by atoms with Gasteiger partial charge in [0.15, 0.2) is 0 Å². The summed E-state index contributed by atoms with van der Waals surface area (Å²) in [6.45, 7) is 1.57. The maximum absolute atomic E-state index is 14.3. The molecule has 38 heavy (non-hydrogen) atoms. The normalized spacial score (nSPS) is 15.1. The van der Waals surface area contributed by atoms with E-state index in [1.807, 2.05) is 0 Å². The van der Waals surface area contributed by atoms with Gasteiger partial charge in [0, 0.05) is 41.2 Å². The first-order valence-corrected chi connectivity index (χ1v) is 15.3. The number of rotatable bonds is 11. The number of para-hydroxylation sites is 1. The van der Waals surface area contributed by atoms with E-state index < -0.39 is 21.9 Å². The van der Waals surface area contributed by atoms with Crippen molar-refractivity contribution in [3.8, 4) is 0 Å². The van der Waals surface area contributed by atoms with Crippen LogP contribution in [-0.4, -0.2) is 50.0 Å². The van der Waals surface area contributed by atoms with Gasteiger partial charge < -0.3 is 10.2 Å². The van der Waals surface area contributed by atoms with Gasteiger partial charge in [-0.1, -0.05) is 60.7 Å². The summed E-state index contributed by atoms with van der Waals surface area (Å²) in [5, 5.41) is 3.81. The van der Waals surface area contributed by atoms with Crippen molar-refractivity contribution in [3.63, 3.8) is 0 Å². The Bertz CT molecular complexity index is 1220. The van der Waals surface area contributed by atoms with Crippen LogP contribution in [0.25, 0.3) is 0 Å². The molecule has 1 aliphatic carbocycles. The van der Waals surface area contributed by atoms with E-state index in [2.05, 4.69) is 5.32 Å². The highest BCUT2D eigenvalue weighted by Gasteiger charge is 2.29. The SMILES string of the molecule is C[C@@H](C(=O)NC1CCCCC1)N(Cc1c(Cl)cccc1Cl)C(=O)CCCN(c1ccccc1F)S(C)(=O)=O. The third-order valence-electron chi connectivity index (χ3n) is 6.78. The van der Waals surface area contributed by atoms with Crippen LogP contribution in [-0.2, 0) is 26.2 Å². The number of sulfonamides is 1. The number of hydrogen-bond donors (Lipinski definition) is 1. The summed E-state index contributed by atoms with van der Waals surface area (Å²) >= 11 is 12.7. The zero-order chi connectivity index (χ0) is 27.9. The summed E-state index contributed by atoms with van der Waals surface area (Å²) in [7, 11) is -3.80. The lowest BCUT2D eigenvalue weighted by Gasteiger charge is -2.32. The van der Waals surface area contributed by atoms with Gasteiger partial charge >= 0.3 is 0 Å². The second-order valence-corrected chi connectivity index (χ2v) is 12.4. The minimum atomic E-state index is -3.80. The average Bonchev–Trinajstić information content (AvgIpc) is 2.86. The summed E-state index contributed by atoms with van der Waals surface area (Å²) in [6.07, 6.45) is 6.10. The monoisotopic (exact) mass is 585 g/mol. The van der Waals surface area contributed by atoms with Gasteiger partial charge in [-0.3, -0.25) is 13.9 Å². The van der Waals surface area contributed by atoms with Crippen molar-refractivity contribution in [2.45, 2.75) is 70.5 Å². The van der Waals surface area contributed by atoms with E-state index in [0.29, 0.717) is 15.6 Å². The summed E-state index contributed by atoms with van der Waals surface area (Å²) in [6, 6.07) is 9.86. The zero-order valence-corrected chi connectivity index (χ0v) is 24.0. The Labute approximate surface area is 234 Å². The Balaban J connectivity index is 1.76. The van der Waals surface area contributed by atoms with E-state index in [1.165, 1.54) is 23.1 Å². The highest BCUT2D eigenvalue weighted by Crippen LogP contribution is 2.28. The van der Waals surface area contributed by atoms with Gasteiger partial charge in [-0.2, -0.15) is 0 Å². The molecule has 11 heteroatoms. The van der Waals surface area contributed by atoms with E-state index >= 15 is 0 Å². The van der Waals surface area contributed by atoms with Gasteiger partial charge in [0.1, 0.15) is 11.9 Å². The third kappa shape index (κ3) is 8.07. The minimum absolute atomic E-state index is 0.0136. The molecule has 1 aliphatic rings. The summed E-state index contributed by atoms with van der Waals surface area (Å²) in [5.41, 5.74) is 0.438. The lowest BCUT2D eigenvalue weighted by atomic mass is 9.95. The Morgan fingerprint density at radius 1 is 1.05 bits per heavy atom. The van der Waals surface area contributed by atoms with E-state index in [-0.39, 0.29) is 49.5 Å². The molecule has 0 aromatic heterocycles. The average molecular weight is 587 g/mol. The largest absolute Gasteiger partial charge is 0.352 e. The molecule has 0 radical (unpaired) electrons. The van der Waals surface area contributed by atoms with Gasteiger partial charge in [-0.25, -0.2) is 12.8 Å². The van der Waals surface area contributed by atoms with Crippen molar-refractivity contribution in [2.75, 3.05) is 17.1 Å². The first-order chi connectivity index (χ1) is 18.0. The molecular formula is C27H34Cl2FN3O4S. The molecule has 7 nitrogen and oxygen atoms in total. The number of anilines is 1. The fourth-order valence-corrected chi connectivity index (χ4v) is 6.12. The van der Waals surface area contributed by atoms with Crippen LogP contribution in [0.5, 0.6) is 0 Å². The van der Waals surface area contributed by atoms with Gasteiger partial charge in [0.05, 0.1) is 11.9 Å². The van der Waals surface area contributed by atoms with Crippen LogP contribution in [0.2, 0.25) is 10.0 Å². The highest BCUT2D eigenvalue weighted by atomic mass is 35.5. The van der Waals surface area contributed by atoms with Gasteiger partial charge in [0.25, 0.3) is 0 Å². The molecular weight excluding hydrogens is 552 g/mol. The molecule has 3 rings (SSSR count). The molecule has 0 aliphatic heterocycles. The maximum atomic E-state index is 14.3. The number of nitrogens with zero attached hydrogens (tertiary/aromatic N) is 2. The van der Waals surface area contributed by atoms with Crippen LogP contribution >= 0.6 is 23.2 Å². The molecule has 0 bridgehead atoms. The Kier molecular flexibility index (Phi) is 10.8. The van der Waals surface area contributed by atoms with Gasteiger partial charge in [-0.05, 0) is 50.5 Å². The lowest BCUT2D eigenvalue weighted by Crippen LogP contribution is -2.50. The fraction of sp³-hybridized carbons (Fsp3) is 0.481. The topological polar surface area (TPSA) is 86.8 Å². The molecule has 0 heterocycles. The number of carbonyl (C=O) groups excluding carboxylic acids is 2. The number of nitrogens with one attached hydrogen (secondary N) is 1. The Morgan fingerprint density at radius 3 is 2.29 bits per heavy atom. The molecule has 0 spiro atoms. The second kappa shape index (κ2) is 13.6. The zero-order valence-electron chi connectivity index (χ0n) is 21.6. The van der Waals surface area contributed by atoms with Crippen molar-refractivity contribution in [1.29, 1.82) is 0 Å². The number of carbonyl (C=O) groups is 2. The fourth-order valence-electron chi connectivity index (χ4n) is 4.64. The van der Waals surface area contributed by atoms with E-state index in [1.54, 1.807) is 31.2 Å². The number of hydrogen-bond acceptors (Lipinski definition) is 4. The van der Waals surface area contributed by atoms with E-state index in [0.717, 1.165) is 42.7 Å². The van der Waals surface area contributed by atoms with Crippen LogP contribution in [0.15, 0.2) is 42.5 Å². The maximum Gasteiger partial charge on any atom is 0.242 e. The molecule has 0 saturated heterocycles. The highest BCUT2D eigenvalue weighted by molar-refractivity contribution is 7.92. The molecule has 208 valence electrons. The first kappa shape index (κ1) is 30.2. The van der Waals surface area contributed by atoms with Crippen LogP contribution in [0.1, 0.15) is 57.4 Å². The summed E-state index contributed by atoms with van der Waals surface area (Å²) in [5.74, 6) is -1.31. The van der Waals surface area contributed by atoms with Crippen LogP contribution in [0.3, 0.4) is 0 Å². The van der Waals surface area contributed by atoms with Crippen molar-refractivity contribution >= 4 is 50.7 Å². The van der Waals surface area contributed by atoms with Crippen LogP contribution in [0.4, 0.5) is 10.1 Å². The smallest absolute Gasteiger partial charge is 0.242 e. The van der Waals surface area contributed by atoms with Crippen molar-refractivity contribution in [2.24, 2.45) is 0 Å². The molecule has 1 N–H and O–H groups in total. The third-order valence-corrected chi connectivity index (χ3v) is 8.67. The molecule has 2 amide bonds. The van der Waals surface area contributed by atoms with E-state index in [9.17, 15) is 22.4 Å². The van der Waals surface area contributed by atoms with Crippen molar-refractivity contribution in [3.05, 3.63) is 63.9 Å².